The number of benzene rings is 4. The van der Waals surface area contributed by atoms with Crippen LogP contribution in [-0.2, 0) is 0 Å². The second-order valence-electron chi connectivity index (χ2n) is 7.55. The summed E-state index contributed by atoms with van der Waals surface area (Å²) in [4.78, 5) is 0. The van der Waals surface area contributed by atoms with Crippen molar-refractivity contribution in [3.05, 3.63) is 96.1 Å². The molecule has 4 aromatic rings. The van der Waals surface area contributed by atoms with Gasteiger partial charge in [0.1, 0.15) is 24.7 Å². The zero-order valence-corrected chi connectivity index (χ0v) is 22.0. The van der Waals surface area contributed by atoms with E-state index in [-0.39, 0.29) is 13.2 Å². The fourth-order valence-electron chi connectivity index (χ4n) is 4.04. The van der Waals surface area contributed by atoms with E-state index < -0.39 is 0 Å². The first-order valence-corrected chi connectivity index (χ1v) is 12.6. The molecule has 1 aliphatic rings. The summed E-state index contributed by atoms with van der Waals surface area (Å²) in [7, 11) is 0. The Bertz CT molecular complexity index is 1220. The second kappa shape index (κ2) is 15.0. The predicted octanol–water partition coefficient (Wildman–Crippen LogP) is 8.74. The van der Waals surface area contributed by atoms with Crippen LogP contribution in [-0.4, -0.2) is 13.2 Å². The molecule has 0 radical (unpaired) electrons. The van der Waals surface area contributed by atoms with E-state index in [0.717, 1.165) is 22.3 Å². The number of hydrogen-bond acceptors (Lipinski definition) is 2. The minimum Gasteiger partial charge on any atom is -0.481 e. The third-order valence-corrected chi connectivity index (χ3v) is 5.57. The first kappa shape index (κ1) is 28.1. The van der Waals surface area contributed by atoms with Gasteiger partial charge in [-0.25, -0.2) is 0 Å². The standard InChI is InChI=1S/C16H12O2.C14H12.2C2H6/c1-3-9-17-15-7-5-13-6-8-16(18-10-4-2)12-14(13)11-15;1-10-11-6-2-4-8-13(11)14-9-5-3-7-12(10)14;2*1-2/h1-2,5-8,11-12H,9-10H2;2-10H,1H3;2*1-2H3. The van der Waals surface area contributed by atoms with E-state index in [2.05, 4.69) is 67.3 Å². The summed E-state index contributed by atoms with van der Waals surface area (Å²) in [6.45, 7) is 10.8. The average molecular weight is 477 g/mol. The Labute approximate surface area is 217 Å². The molecule has 0 fully saturated rings. The highest BCUT2D eigenvalue weighted by Crippen LogP contribution is 2.43. The molecular formula is C34H36O2. The molecule has 2 nitrogen and oxygen atoms in total. The van der Waals surface area contributed by atoms with Crippen molar-refractivity contribution in [2.45, 2.75) is 40.5 Å². The van der Waals surface area contributed by atoms with Gasteiger partial charge in [0.25, 0.3) is 0 Å². The summed E-state index contributed by atoms with van der Waals surface area (Å²) in [6, 6.07) is 29.0. The SMILES string of the molecule is C#CCOc1ccc2ccc(OCC#C)cc2c1.CC.CC.CC1c2ccccc2-c2ccccc21. The van der Waals surface area contributed by atoms with Crippen LogP contribution >= 0.6 is 0 Å². The molecule has 0 atom stereocenters. The first-order chi connectivity index (χ1) is 17.7. The van der Waals surface area contributed by atoms with Crippen LogP contribution in [0.4, 0.5) is 0 Å². The van der Waals surface area contributed by atoms with E-state index in [1.165, 1.54) is 22.3 Å². The lowest BCUT2D eigenvalue weighted by Crippen LogP contribution is -1.94. The Morgan fingerprint density at radius 1 is 0.611 bits per heavy atom. The van der Waals surface area contributed by atoms with Crippen molar-refractivity contribution in [2.24, 2.45) is 0 Å². The van der Waals surface area contributed by atoms with Crippen molar-refractivity contribution in [1.29, 1.82) is 0 Å². The van der Waals surface area contributed by atoms with Crippen LogP contribution in [0.2, 0.25) is 0 Å². The lowest BCUT2D eigenvalue weighted by Gasteiger charge is -2.06. The van der Waals surface area contributed by atoms with Gasteiger partial charge in [0.15, 0.2) is 0 Å². The van der Waals surface area contributed by atoms with Crippen LogP contribution in [0.3, 0.4) is 0 Å². The highest BCUT2D eigenvalue weighted by molar-refractivity contribution is 5.85. The highest BCUT2D eigenvalue weighted by atomic mass is 16.5. The Morgan fingerprint density at radius 2 is 1.03 bits per heavy atom. The molecule has 0 aliphatic heterocycles. The van der Waals surface area contributed by atoms with Crippen molar-refractivity contribution in [3.8, 4) is 47.3 Å². The van der Waals surface area contributed by atoms with E-state index >= 15 is 0 Å². The minimum atomic E-state index is 0.263. The van der Waals surface area contributed by atoms with Gasteiger partial charge in [-0.2, -0.15) is 0 Å². The van der Waals surface area contributed by atoms with Crippen LogP contribution in [0.5, 0.6) is 11.5 Å². The van der Waals surface area contributed by atoms with Crippen molar-refractivity contribution in [3.63, 3.8) is 0 Å². The molecule has 184 valence electrons. The van der Waals surface area contributed by atoms with Crippen molar-refractivity contribution in [2.75, 3.05) is 13.2 Å². The van der Waals surface area contributed by atoms with Gasteiger partial charge >= 0.3 is 0 Å². The lowest BCUT2D eigenvalue weighted by atomic mass is 10.00. The summed E-state index contributed by atoms with van der Waals surface area (Å²) < 4.78 is 10.7. The molecule has 0 amide bonds. The molecular weight excluding hydrogens is 440 g/mol. The van der Waals surface area contributed by atoms with Gasteiger partial charge in [0.05, 0.1) is 0 Å². The van der Waals surface area contributed by atoms with Crippen LogP contribution in [0.15, 0.2) is 84.9 Å². The fraction of sp³-hybridized carbons (Fsp3) is 0.235. The highest BCUT2D eigenvalue weighted by Gasteiger charge is 2.23. The van der Waals surface area contributed by atoms with Crippen molar-refractivity contribution < 1.29 is 9.47 Å². The van der Waals surface area contributed by atoms with Gasteiger partial charge in [0.2, 0.25) is 0 Å². The number of fused-ring (bicyclic) bond motifs is 4. The van der Waals surface area contributed by atoms with E-state index in [9.17, 15) is 0 Å². The fourth-order valence-corrected chi connectivity index (χ4v) is 4.04. The van der Waals surface area contributed by atoms with Gasteiger partial charge < -0.3 is 9.47 Å². The van der Waals surface area contributed by atoms with Crippen LogP contribution in [0, 0.1) is 24.7 Å². The Kier molecular flexibility index (Phi) is 11.7. The molecule has 0 saturated carbocycles. The summed E-state index contributed by atoms with van der Waals surface area (Å²) >= 11 is 0. The van der Waals surface area contributed by atoms with Crippen LogP contribution in [0.25, 0.3) is 21.9 Å². The minimum absolute atomic E-state index is 0.263. The summed E-state index contributed by atoms with van der Waals surface area (Å²) in [5, 5.41) is 2.13. The molecule has 4 aromatic carbocycles. The summed E-state index contributed by atoms with van der Waals surface area (Å²) in [6.07, 6.45) is 10.3. The van der Waals surface area contributed by atoms with E-state index in [1.54, 1.807) is 0 Å². The third-order valence-electron chi connectivity index (χ3n) is 5.57. The molecule has 2 heteroatoms. The van der Waals surface area contributed by atoms with Crippen molar-refractivity contribution in [1.82, 2.24) is 0 Å². The molecule has 36 heavy (non-hydrogen) atoms. The predicted molar refractivity (Wildman–Crippen MR) is 155 cm³/mol. The second-order valence-corrected chi connectivity index (χ2v) is 7.55. The molecule has 1 aliphatic carbocycles. The first-order valence-electron chi connectivity index (χ1n) is 12.6. The third kappa shape index (κ3) is 6.94. The van der Waals surface area contributed by atoms with E-state index in [4.69, 9.17) is 22.3 Å². The quantitative estimate of drug-likeness (QED) is 0.274. The maximum Gasteiger partial charge on any atom is 0.148 e. The number of hydrogen-bond donors (Lipinski definition) is 0. The normalized spacial score (nSPS) is 10.4. The molecule has 0 aromatic heterocycles. The summed E-state index contributed by atoms with van der Waals surface area (Å²) in [5.41, 5.74) is 5.76. The number of terminal acetylenes is 2. The smallest absolute Gasteiger partial charge is 0.148 e. The molecule has 0 bridgehead atoms. The summed E-state index contributed by atoms with van der Waals surface area (Å²) in [5.74, 6) is 6.92. The molecule has 0 spiro atoms. The van der Waals surface area contributed by atoms with Crippen molar-refractivity contribution >= 4 is 10.8 Å². The number of ether oxygens (including phenoxy) is 2. The van der Waals surface area contributed by atoms with Crippen LogP contribution in [0.1, 0.15) is 51.7 Å². The van der Waals surface area contributed by atoms with Gasteiger partial charge in [0, 0.05) is 5.92 Å². The van der Waals surface area contributed by atoms with Crippen LogP contribution < -0.4 is 9.47 Å². The zero-order valence-electron chi connectivity index (χ0n) is 22.0. The lowest BCUT2D eigenvalue weighted by molar-refractivity contribution is 0.369. The monoisotopic (exact) mass is 476 g/mol. The molecule has 5 rings (SSSR count). The van der Waals surface area contributed by atoms with Gasteiger partial charge in [-0.1, -0.05) is 107 Å². The Balaban J connectivity index is 0.000000227. The maximum atomic E-state index is 5.37. The molecule has 0 saturated heterocycles. The Hall–Kier alpha value is -4.14. The molecule has 0 unspecified atom stereocenters. The van der Waals surface area contributed by atoms with E-state index in [1.807, 2.05) is 64.1 Å². The van der Waals surface area contributed by atoms with E-state index in [0.29, 0.717) is 5.92 Å². The topological polar surface area (TPSA) is 18.5 Å². The molecule has 0 N–H and O–H groups in total. The Morgan fingerprint density at radius 3 is 1.44 bits per heavy atom. The molecule has 0 heterocycles. The number of rotatable bonds is 4. The van der Waals surface area contributed by atoms with Gasteiger partial charge in [-0.15, -0.1) is 12.8 Å². The van der Waals surface area contributed by atoms with Gasteiger partial charge in [-0.3, -0.25) is 0 Å². The maximum absolute atomic E-state index is 5.37. The average Bonchev–Trinajstić information content (AvgIpc) is 3.25. The van der Waals surface area contributed by atoms with Gasteiger partial charge in [-0.05, 0) is 57.3 Å². The zero-order chi connectivity index (χ0) is 26.3. The largest absolute Gasteiger partial charge is 0.481 e.